The van der Waals surface area contributed by atoms with E-state index in [1.54, 1.807) is 0 Å². The molecule has 0 aliphatic rings. The average molecular weight is 282 g/mol. The largest absolute Gasteiger partial charge is 0.437 e. The van der Waals surface area contributed by atoms with Gasteiger partial charge in [-0.2, -0.15) is 0 Å². The summed E-state index contributed by atoms with van der Waals surface area (Å²) < 4.78 is 6.82. The summed E-state index contributed by atoms with van der Waals surface area (Å²) in [5.74, 6) is -0.443. The third-order valence-electron chi connectivity index (χ3n) is 3.22. The maximum absolute atomic E-state index is 12.3. The number of hydrogen-bond donors (Lipinski definition) is 1. The zero-order chi connectivity index (χ0) is 14.8. The lowest BCUT2D eigenvalue weighted by molar-refractivity contribution is -0.148. The molecule has 0 saturated heterocycles. The van der Waals surface area contributed by atoms with Gasteiger partial charge in [0.1, 0.15) is 0 Å². The van der Waals surface area contributed by atoms with Gasteiger partial charge in [-0.15, -0.1) is 0 Å². The summed E-state index contributed by atoms with van der Waals surface area (Å²) in [6.45, 7) is 1.33. The van der Waals surface area contributed by atoms with E-state index in [1.165, 1.54) is 11.5 Å². The molecule has 2 aromatic carbocycles. The van der Waals surface area contributed by atoms with E-state index in [4.69, 9.17) is 4.74 Å². The summed E-state index contributed by atoms with van der Waals surface area (Å²) in [6.07, 6.45) is -0.785. The van der Waals surface area contributed by atoms with E-state index in [-0.39, 0.29) is 5.69 Å². The van der Waals surface area contributed by atoms with E-state index in [2.05, 4.69) is 4.98 Å². The molecule has 1 atom stereocenters. The normalized spacial score (nSPS) is 12.2. The summed E-state index contributed by atoms with van der Waals surface area (Å²) in [7, 11) is 0. The van der Waals surface area contributed by atoms with Gasteiger partial charge in [0, 0.05) is 12.5 Å². The van der Waals surface area contributed by atoms with Crippen molar-refractivity contribution < 1.29 is 9.53 Å². The lowest BCUT2D eigenvalue weighted by Crippen LogP contribution is -2.26. The first-order chi connectivity index (χ1) is 10.2. The summed E-state index contributed by atoms with van der Waals surface area (Å²) in [4.78, 5) is 26.4. The van der Waals surface area contributed by atoms with E-state index >= 15 is 0 Å². The molecule has 0 spiro atoms. The second-order valence-corrected chi connectivity index (χ2v) is 4.69. The average Bonchev–Trinajstić information content (AvgIpc) is 2.81. The molecule has 0 aliphatic carbocycles. The van der Waals surface area contributed by atoms with Gasteiger partial charge in [0.05, 0.1) is 11.0 Å². The van der Waals surface area contributed by atoms with E-state index in [0.717, 1.165) is 5.56 Å². The van der Waals surface area contributed by atoms with E-state index in [9.17, 15) is 9.59 Å². The predicted octanol–water partition coefficient (Wildman–Crippen LogP) is 2.44. The topological polar surface area (TPSA) is 64.1 Å². The molecule has 1 aromatic heterocycles. The minimum atomic E-state index is -0.785. The number of H-pyrrole nitrogens is 1. The molecular weight excluding hydrogens is 268 g/mol. The quantitative estimate of drug-likeness (QED) is 0.750. The first kappa shape index (κ1) is 13.2. The first-order valence-corrected chi connectivity index (χ1v) is 6.58. The van der Waals surface area contributed by atoms with E-state index in [1.807, 2.05) is 54.6 Å². The number of para-hydroxylation sites is 2. The van der Waals surface area contributed by atoms with E-state index < -0.39 is 12.2 Å². The maximum atomic E-state index is 12.3. The SMILES string of the molecule is CC(=O)O[C@@H](c1ccccc1)n1c(=O)[nH]c2ccccc21. The van der Waals surface area contributed by atoms with Crippen molar-refractivity contribution in [3.63, 3.8) is 0 Å². The number of nitrogens with zero attached hydrogens (tertiary/aromatic N) is 1. The molecule has 1 N–H and O–H groups in total. The Morgan fingerprint density at radius 1 is 1.10 bits per heavy atom. The van der Waals surface area contributed by atoms with Crippen molar-refractivity contribution >= 4 is 17.0 Å². The Balaban J connectivity index is 2.22. The van der Waals surface area contributed by atoms with Crippen molar-refractivity contribution in [3.8, 4) is 0 Å². The highest BCUT2D eigenvalue weighted by atomic mass is 16.6. The van der Waals surface area contributed by atoms with Crippen LogP contribution in [0.15, 0.2) is 59.4 Å². The van der Waals surface area contributed by atoms with Crippen molar-refractivity contribution in [1.29, 1.82) is 0 Å². The van der Waals surface area contributed by atoms with Gasteiger partial charge in [-0.25, -0.2) is 4.79 Å². The van der Waals surface area contributed by atoms with Gasteiger partial charge in [0.2, 0.25) is 6.23 Å². The van der Waals surface area contributed by atoms with E-state index in [0.29, 0.717) is 11.0 Å². The number of nitrogens with one attached hydrogen (secondary N) is 1. The third kappa shape index (κ3) is 2.45. The Labute approximate surface area is 120 Å². The number of carbonyl (C=O) groups is 1. The Morgan fingerprint density at radius 2 is 1.76 bits per heavy atom. The molecule has 0 bridgehead atoms. The Bertz CT molecular complexity index is 833. The summed E-state index contributed by atoms with van der Waals surface area (Å²) in [5, 5.41) is 0. The molecule has 0 radical (unpaired) electrons. The Morgan fingerprint density at radius 3 is 2.48 bits per heavy atom. The zero-order valence-corrected chi connectivity index (χ0v) is 11.4. The van der Waals surface area contributed by atoms with Gasteiger partial charge in [-0.05, 0) is 12.1 Å². The number of rotatable bonds is 3. The fourth-order valence-corrected chi connectivity index (χ4v) is 2.35. The highest BCUT2D eigenvalue weighted by Gasteiger charge is 2.21. The molecule has 5 nitrogen and oxygen atoms in total. The highest BCUT2D eigenvalue weighted by molar-refractivity contribution is 5.75. The lowest BCUT2D eigenvalue weighted by Gasteiger charge is -2.18. The maximum Gasteiger partial charge on any atom is 0.329 e. The number of imidazole rings is 1. The zero-order valence-electron chi connectivity index (χ0n) is 11.4. The van der Waals surface area contributed by atoms with Crippen LogP contribution in [0, 0.1) is 0 Å². The van der Waals surface area contributed by atoms with Crippen LogP contribution in [0.2, 0.25) is 0 Å². The monoisotopic (exact) mass is 282 g/mol. The van der Waals surface area contributed by atoms with Gasteiger partial charge in [0.15, 0.2) is 0 Å². The number of carbonyl (C=O) groups excluding carboxylic acids is 1. The van der Waals surface area contributed by atoms with Crippen molar-refractivity contribution in [1.82, 2.24) is 9.55 Å². The number of fused-ring (bicyclic) bond motifs is 1. The number of aromatic nitrogens is 2. The smallest absolute Gasteiger partial charge is 0.329 e. The molecule has 1 heterocycles. The lowest BCUT2D eigenvalue weighted by atomic mass is 10.2. The first-order valence-electron chi connectivity index (χ1n) is 6.58. The second kappa shape index (κ2) is 5.28. The molecule has 0 unspecified atom stereocenters. The van der Waals surface area contributed by atoms with Gasteiger partial charge < -0.3 is 9.72 Å². The molecule has 3 rings (SSSR count). The molecule has 21 heavy (non-hydrogen) atoms. The number of aromatic amines is 1. The molecule has 0 fully saturated rings. The van der Waals surface area contributed by atoms with Crippen LogP contribution in [0.3, 0.4) is 0 Å². The van der Waals surface area contributed by atoms with Crippen LogP contribution in [0.5, 0.6) is 0 Å². The molecule has 0 saturated carbocycles. The molecule has 3 aromatic rings. The molecule has 5 heteroatoms. The number of hydrogen-bond acceptors (Lipinski definition) is 3. The number of benzene rings is 2. The van der Waals surface area contributed by atoms with Gasteiger partial charge in [0.25, 0.3) is 0 Å². The molecule has 106 valence electrons. The van der Waals surface area contributed by atoms with Crippen LogP contribution < -0.4 is 5.69 Å². The minimum absolute atomic E-state index is 0.314. The Kier molecular flexibility index (Phi) is 3.31. The van der Waals surface area contributed by atoms with Crippen LogP contribution in [0.1, 0.15) is 18.7 Å². The summed E-state index contributed by atoms with van der Waals surface area (Å²) >= 11 is 0. The molecular formula is C16H14N2O3. The van der Waals surface area contributed by atoms with Crippen LogP contribution >= 0.6 is 0 Å². The van der Waals surface area contributed by atoms with Gasteiger partial charge in [-0.1, -0.05) is 42.5 Å². The van der Waals surface area contributed by atoms with Crippen LogP contribution in [-0.4, -0.2) is 15.5 Å². The third-order valence-corrected chi connectivity index (χ3v) is 3.22. The predicted molar refractivity (Wildman–Crippen MR) is 78.9 cm³/mol. The number of esters is 1. The highest BCUT2D eigenvalue weighted by Crippen LogP contribution is 2.22. The fraction of sp³-hybridized carbons (Fsp3) is 0.125. The fourth-order valence-electron chi connectivity index (χ4n) is 2.35. The standard InChI is InChI=1S/C16H14N2O3/c1-11(19)21-15(12-7-3-2-4-8-12)18-14-10-6-5-9-13(14)17-16(18)20/h2-10,15H,1H3,(H,17,20)/t15-/m0/s1. The summed E-state index contributed by atoms with van der Waals surface area (Å²) in [6, 6.07) is 16.5. The summed E-state index contributed by atoms with van der Waals surface area (Å²) in [5.41, 5.74) is 1.82. The van der Waals surface area contributed by atoms with Crippen LogP contribution in [-0.2, 0) is 9.53 Å². The molecule has 0 amide bonds. The second-order valence-electron chi connectivity index (χ2n) is 4.69. The van der Waals surface area contributed by atoms with Crippen LogP contribution in [0.4, 0.5) is 0 Å². The van der Waals surface area contributed by atoms with Crippen molar-refractivity contribution in [2.45, 2.75) is 13.2 Å². The number of ether oxygens (including phenoxy) is 1. The van der Waals surface area contributed by atoms with Crippen molar-refractivity contribution in [2.24, 2.45) is 0 Å². The van der Waals surface area contributed by atoms with Crippen molar-refractivity contribution in [3.05, 3.63) is 70.6 Å². The van der Waals surface area contributed by atoms with Crippen LogP contribution in [0.25, 0.3) is 11.0 Å². The van der Waals surface area contributed by atoms with Crippen molar-refractivity contribution in [2.75, 3.05) is 0 Å². The minimum Gasteiger partial charge on any atom is -0.437 e. The molecule has 0 aliphatic heterocycles. The van der Waals surface area contributed by atoms with Gasteiger partial charge >= 0.3 is 11.7 Å². The van der Waals surface area contributed by atoms with Gasteiger partial charge in [-0.3, -0.25) is 9.36 Å². The Hall–Kier alpha value is -2.82.